The highest BCUT2D eigenvalue weighted by atomic mass is 14.2. The Labute approximate surface area is 117 Å². The SMILES string of the molecule is CCC(C)CCC(C)C(CC)CC(C)CC(C)C. The van der Waals surface area contributed by atoms with Crippen molar-refractivity contribution in [2.24, 2.45) is 29.6 Å². The maximum absolute atomic E-state index is 2.48. The molecule has 0 rings (SSSR count). The van der Waals surface area contributed by atoms with Gasteiger partial charge in [0.2, 0.25) is 0 Å². The predicted molar refractivity (Wildman–Crippen MR) is 84.9 cm³/mol. The molecule has 0 N–H and O–H groups in total. The Morgan fingerprint density at radius 2 is 1.28 bits per heavy atom. The molecule has 0 nitrogen and oxygen atoms in total. The highest BCUT2D eigenvalue weighted by Gasteiger charge is 2.19. The molecule has 0 fully saturated rings. The van der Waals surface area contributed by atoms with Crippen molar-refractivity contribution in [3.05, 3.63) is 0 Å². The normalized spacial score (nSPS) is 18.7. The molecule has 0 heteroatoms. The Hall–Kier alpha value is 0. The van der Waals surface area contributed by atoms with Crippen LogP contribution in [0, 0.1) is 29.6 Å². The summed E-state index contributed by atoms with van der Waals surface area (Å²) in [4.78, 5) is 0. The first-order chi connectivity index (χ1) is 8.40. The van der Waals surface area contributed by atoms with Crippen LogP contribution in [-0.2, 0) is 0 Å². The zero-order chi connectivity index (χ0) is 14.1. The van der Waals surface area contributed by atoms with Crippen LogP contribution in [0.2, 0.25) is 0 Å². The average molecular weight is 255 g/mol. The minimum atomic E-state index is 0.855. The Morgan fingerprint density at radius 1 is 0.667 bits per heavy atom. The summed E-state index contributed by atoms with van der Waals surface area (Å²) in [6, 6.07) is 0. The molecule has 0 radical (unpaired) electrons. The fourth-order valence-electron chi connectivity index (χ4n) is 3.21. The summed E-state index contributed by atoms with van der Waals surface area (Å²) in [6.45, 7) is 16.7. The van der Waals surface area contributed by atoms with Crippen LogP contribution in [-0.4, -0.2) is 0 Å². The van der Waals surface area contributed by atoms with Crippen molar-refractivity contribution in [3.8, 4) is 0 Å². The van der Waals surface area contributed by atoms with E-state index in [-0.39, 0.29) is 0 Å². The Kier molecular flexibility index (Phi) is 9.87. The van der Waals surface area contributed by atoms with Gasteiger partial charge in [-0.25, -0.2) is 0 Å². The van der Waals surface area contributed by atoms with Crippen LogP contribution in [0.4, 0.5) is 0 Å². The first-order valence-corrected chi connectivity index (χ1v) is 8.40. The smallest absolute Gasteiger partial charge is 0.0389 e. The standard InChI is InChI=1S/C18H38/c1-8-15(5)10-11-17(7)18(9-2)13-16(6)12-14(3)4/h14-18H,8-13H2,1-7H3. The van der Waals surface area contributed by atoms with Crippen molar-refractivity contribution < 1.29 is 0 Å². The van der Waals surface area contributed by atoms with E-state index < -0.39 is 0 Å². The third-order valence-electron chi connectivity index (χ3n) is 4.72. The second-order valence-corrected chi connectivity index (χ2v) is 7.21. The maximum Gasteiger partial charge on any atom is -0.0389 e. The minimum Gasteiger partial charge on any atom is -0.0651 e. The molecule has 0 bridgehead atoms. The molecule has 0 aliphatic rings. The molecule has 4 atom stereocenters. The van der Waals surface area contributed by atoms with Crippen molar-refractivity contribution in [1.82, 2.24) is 0 Å². The zero-order valence-electron chi connectivity index (χ0n) is 14.1. The zero-order valence-corrected chi connectivity index (χ0v) is 14.1. The molecule has 0 heterocycles. The first-order valence-electron chi connectivity index (χ1n) is 8.40. The Balaban J connectivity index is 4.06. The molecule has 0 spiro atoms. The van der Waals surface area contributed by atoms with Crippen LogP contribution in [0.1, 0.15) is 87.0 Å². The topological polar surface area (TPSA) is 0 Å². The highest BCUT2D eigenvalue weighted by Crippen LogP contribution is 2.30. The van der Waals surface area contributed by atoms with E-state index in [4.69, 9.17) is 0 Å². The van der Waals surface area contributed by atoms with E-state index in [0.29, 0.717) is 0 Å². The lowest BCUT2D eigenvalue weighted by Crippen LogP contribution is -2.16. The van der Waals surface area contributed by atoms with Gasteiger partial charge in [-0.2, -0.15) is 0 Å². The van der Waals surface area contributed by atoms with Gasteiger partial charge >= 0.3 is 0 Å². The average Bonchev–Trinajstić information content (AvgIpc) is 2.31. The monoisotopic (exact) mass is 254 g/mol. The predicted octanol–water partition coefficient (Wildman–Crippen LogP) is 6.55. The van der Waals surface area contributed by atoms with Crippen LogP contribution in [0.25, 0.3) is 0 Å². The van der Waals surface area contributed by atoms with E-state index in [1.54, 1.807) is 0 Å². The molecule has 0 aromatic rings. The molecule has 0 aliphatic carbocycles. The lowest BCUT2D eigenvalue weighted by atomic mass is 9.79. The van der Waals surface area contributed by atoms with Crippen LogP contribution < -0.4 is 0 Å². The van der Waals surface area contributed by atoms with Gasteiger partial charge in [-0.15, -0.1) is 0 Å². The number of hydrogen-bond acceptors (Lipinski definition) is 0. The van der Waals surface area contributed by atoms with Crippen LogP contribution in [0.3, 0.4) is 0 Å². The van der Waals surface area contributed by atoms with Crippen molar-refractivity contribution >= 4 is 0 Å². The molecular weight excluding hydrogens is 216 g/mol. The molecule has 0 amide bonds. The fourth-order valence-corrected chi connectivity index (χ4v) is 3.21. The summed E-state index contributed by atoms with van der Waals surface area (Å²) in [5.74, 6) is 4.54. The highest BCUT2D eigenvalue weighted by molar-refractivity contribution is 4.70. The third-order valence-corrected chi connectivity index (χ3v) is 4.72. The van der Waals surface area contributed by atoms with Gasteiger partial charge in [-0.3, -0.25) is 0 Å². The first kappa shape index (κ1) is 18.0. The third kappa shape index (κ3) is 8.16. The summed E-state index contributed by atoms with van der Waals surface area (Å²) in [5, 5.41) is 0. The van der Waals surface area contributed by atoms with E-state index in [2.05, 4.69) is 48.5 Å². The van der Waals surface area contributed by atoms with E-state index >= 15 is 0 Å². The van der Waals surface area contributed by atoms with Crippen molar-refractivity contribution in [3.63, 3.8) is 0 Å². The summed E-state index contributed by atoms with van der Waals surface area (Å²) in [7, 11) is 0. The molecule has 4 unspecified atom stereocenters. The molecule has 0 saturated heterocycles. The van der Waals surface area contributed by atoms with Gasteiger partial charge in [0.05, 0.1) is 0 Å². The van der Waals surface area contributed by atoms with E-state index in [1.165, 1.54) is 38.5 Å². The lowest BCUT2D eigenvalue weighted by Gasteiger charge is -2.27. The largest absolute Gasteiger partial charge is 0.0651 e. The van der Waals surface area contributed by atoms with Gasteiger partial charge in [-0.05, 0) is 42.4 Å². The van der Waals surface area contributed by atoms with E-state index in [1.807, 2.05) is 0 Å². The molecule has 110 valence electrons. The van der Waals surface area contributed by atoms with Gasteiger partial charge in [0.25, 0.3) is 0 Å². The second-order valence-electron chi connectivity index (χ2n) is 7.21. The van der Waals surface area contributed by atoms with Crippen molar-refractivity contribution in [1.29, 1.82) is 0 Å². The number of hydrogen-bond donors (Lipinski definition) is 0. The van der Waals surface area contributed by atoms with Crippen LogP contribution in [0.15, 0.2) is 0 Å². The maximum atomic E-state index is 2.48. The Morgan fingerprint density at radius 3 is 1.72 bits per heavy atom. The van der Waals surface area contributed by atoms with Gasteiger partial charge in [0.1, 0.15) is 0 Å². The summed E-state index contributed by atoms with van der Waals surface area (Å²) in [5.41, 5.74) is 0. The quantitative estimate of drug-likeness (QED) is 0.415. The summed E-state index contributed by atoms with van der Waals surface area (Å²) in [6.07, 6.45) is 8.40. The van der Waals surface area contributed by atoms with Crippen molar-refractivity contribution in [2.45, 2.75) is 87.0 Å². The summed E-state index contributed by atoms with van der Waals surface area (Å²) < 4.78 is 0. The molecule has 0 aromatic carbocycles. The number of rotatable bonds is 10. The van der Waals surface area contributed by atoms with E-state index in [0.717, 1.165) is 29.6 Å². The minimum absolute atomic E-state index is 0.855. The van der Waals surface area contributed by atoms with Crippen LogP contribution in [0.5, 0.6) is 0 Å². The fraction of sp³-hybridized carbons (Fsp3) is 1.00. The van der Waals surface area contributed by atoms with Crippen molar-refractivity contribution in [2.75, 3.05) is 0 Å². The molecule has 0 saturated carbocycles. The van der Waals surface area contributed by atoms with Crippen LogP contribution >= 0.6 is 0 Å². The summed E-state index contributed by atoms with van der Waals surface area (Å²) >= 11 is 0. The second kappa shape index (κ2) is 9.87. The molecular formula is C18H38. The van der Waals surface area contributed by atoms with Gasteiger partial charge < -0.3 is 0 Å². The van der Waals surface area contributed by atoms with Gasteiger partial charge in [-0.1, -0.05) is 74.1 Å². The van der Waals surface area contributed by atoms with Gasteiger partial charge in [0.15, 0.2) is 0 Å². The Bertz CT molecular complexity index is 182. The molecule has 18 heavy (non-hydrogen) atoms. The molecule has 0 aliphatic heterocycles. The van der Waals surface area contributed by atoms with E-state index in [9.17, 15) is 0 Å². The lowest BCUT2D eigenvalue weighted by molar-refractivity contribution is 0.241. The van der Waals surface area contributed by atoms with Gasteiger partial charge in [0, 0.05) is 0 Å². The molecule has 0 aromatic heterocycles.